The maximum absolute atomic E-state index is 14.3. The zero-order valence-corrected chi connectivity index (χ0v) is 21.3. The molecule has 2 aliphatic heterocycles. The van der Waals surface area contributed by atoms with E-state index in [-0.39, 0.29) is 36.1 Å². The van der Waals surface area contributed by atoms with E-state index in [1.54, 1.807) is 23.1 Å². The van der Waals surface area contributed by atoms with Crippen molar-refractivity contribution in [3.63, 3.8) is 0 Å². The van der Waals surface area contributed by atoms with E-state index >= 15 is 0 Å². The minimum Gasteiger partial charge on any atom is -0.508 e. The number of methoxy groups -OCH3 is 1. The molecule has 2 atom stereocenters. The molecule has 2 fully saturated rings. The summed E-state index contributed by atoms with van der Waals surface area (Å²) in [6.07, 6.45) is 0.0335. The van der Waals surface area contributed by atoms with E-state index in [9.17, 15) is 27.9 Å². The lowest BCUT2D eigenvalue weighted by Crippen LogP contribution is -2.49. The number of hydrogen-bond acceptors (Lipinski definition) is 6. The number of aromatic hydroxyl groups is 1. The van der Waals surface area contributed by atoms with Crippen LogP contribution in [0, 0.1) is 5.92 Å². The lowest BCUT2D eigenvalue weighted by molar-refractivity contribution is -0.147. The molecule has 1 amide bonds. The smallest absolute Gasteiger partial charge is 0.417 e. The van der Waals surface area contributed by atoms with Gasteiger partial charge in [0.25, 0.3) is 0 Å². The maximum Gasteiger partial charge on any atom is 0.417 e. The Kier molecular flexibility index (Phi) is 7.11. The van der Waals surface area contributed by atoms with Crippen LogP contribution in [0.2, 0.25) is 0 Å². The number of carbonyl (C=O) groups excluding carboxylic acids is 2. The van der Waals surface area contributed by atoms with Crippen LogP contribution in [0.15, 0.2) is 36.5 Å². The number of pyridine rings is 1. The zero-order chi connectivity index (χ0) is 27.1. The number of carbonyl (C=O) groups is 2. The summed E-state index contributed by atoms with van der Waals surface area (Å²) in [6.45, 7) is 1.91. The number of phenols is 1. The molecule has 1 saturated carbocycles. The first-order valence-electron chi connectivity index (χ1n) is 13.1. The number of alkyl halides is 3. The Balaban J connectivity index is 1.39. The van der Waals surface area contributed by atoms with Gasteiger partial charge in [0.1, 0.15) is 5.75 Å². The Morgan fingerprint density at radius 2 is 1.89 bits per heavy atom. The van der Waals surface area contributed by atoms with Crippen LogP contribution in [-0.4, -0.2) is 64.6 Å². The lowest BCUT2D eigenvalue weighted by atomic mass is 9.76. The van der Waals surface area contributed by atoms with Crippen LogP contribution in [0.4, 0.5) is 13.2 Å². The first-order valence-corrected chi connectivity index (χ1v) is 13.1. The van der Waals surface area contributed by atoms with Gasteiger partial charge in [0.2, 0.25) is 5.91 Å². The summed E-state index contributed by atoms with van der Waals surface area (Å²) in [5.74, 6) is -0.356. The quantitative estimate of drug-likeness (QED) is 0.600. The van der Waals surface area contributed by atoms with Gasteiger partial charge in [-0.1, -0.05) is 12.1 Å². The largest absolute Gasteiger partial charge is 0.508 e. The molecule has 1 saturated heterocycles. The third-order valence-corrected chi connectivity index (χ3v) is 8.53. The number of benzene rings is 1. The molecule has 0 spiro atoms. The van der Waals surface area contributed by atoms with Gasteiger partial charge >= 0.3 is 12.1 Å². The van der Waals surface area contributed by atoms with Gasteiger partial charge in [0, 0.05) is 37.4 Å². The third-order valence-electron chi connectivity index (χ3n) is 8.53. The van der Waals surface area contributed by atoms with Gasteiger partial charge in [-0.25, -0.2) is 0 Å². The third kappa shape index (κ3) is 4.98. The number of ether oxygens (including phenoxy) is 1. The standard InChI is InChI=1S/C28H32F3N3O4/c1-38-25(36)18-6-10-33(11-7-18)22-5-9-27(15-22,20-3-2-4-23(35)14-20)26(37)34-12-8-24-19(17-34)13-21(16-32-24)28(29,30)31/h2-4,13-14,16,18,22,35H,5-12,15,17H2,1H3. The fraction of sp³-hybridized carbons (Fsp3) is 0.536. The molecule has 2 unspecified atom stereocenters. The second-order valence-electron chi connectivity index (χ2n) is 10.7. The number of halogens is 3. The number of fused-ring (bicyclic) bond motifs is 1. The molecule has 0 radical (unpaired) electrons. The average molecular weight is 532 g/mol. The lowest BCUT2D eigenvalue weighted by Gasteiger charge is -2.39. The molecule has 1 aliphatic carbocycles. The highest BCUT2D eigenvalue weighted by Gasteiger charge is 2.50. The number of nitrogens with zero attached hydrogens (tertiary/aromatic N) is 3. The van der Waals surface area contributed by atoms with E-state index in [1.165, 1.54) is 7.11 Å². The number of piperidine rings is 1. The number of rotatable bonds is 4. The number of hydrogen-bond donors (Lipinski definition) is 1. The van der Waals surface area contributed by atoms with E-state index in [2.05, 4.69) is 9.88 Å². The van der Waals surface area contributed by atoms with Crippen molar-refractivity contribution in [3.05, 3.63) is 58.9 Å². The van der Waals surface area contributed by atoms with Crippen molar-refractivity contribution in [1.82, 2.24) is 14.8 Å². The predicted molar refractivity (Wildman–Crippen MR) is 132 cm³/mol. The Morgan fingerprint density at radius 3 is 2.58 bits per heavy atom. The van der Waals surface area contributed by atoms with Crippen LogP contribution in [0.25, 0.3) is 0 Å². The van der Waals surface area contributed by atoms with E-state index in [0.717, 1.165) is 37.3 Å². The second kappa shape index (κ2) is 10.2. The van der Waals surface area contributed by atoms with Gasteiger partial charge in [0.05, 0.1) is 24.0 Å². The monoisotopic (exact) mass is 531 g/mol. The Morgan fingerprint density at radius 1 is 1.13 bits per heavy atom. The van der Waals surface area contributed by atoms with Crippen LogP contribution in [0.1, 0.15) is 54.5 Å². The Hall–Kier alpha value is -3.14. The highest BCUT2D eigenvalue weighted by atomic mass is 19.4. The minimum atomic E-state index is -4.50. The molecule has 3 heterocycles. The molecule has 0 bridgehead atoms. The first kappa shape index (κ1) is 26.5. The predicted octanol–water partition coefficient (Wildman–Crippen LogP) is 4.07. The molecular weight excluding hydrogens is 499 g/mol. The number of aromatic nitrogens is 1. The highest BCUT2D eigenvalue weighted by Crippen LogP contribution is 2.46. The normalized spacial score (nSPS) is 24.7. The minimum absolute atomic E-state index is 0.0695. The molecule has 1 N–H and O–H groups in total. The molecule has 10 heteroatoms. The van der Waals surface area contributed by atoms with Crippen LogP contribution >= 0.6 is 0 Å². The van der Waals surface area contributed by atoms with E-state index in [1.807, 2.05) is 6.07 Å². The topological polar surface area (TPSA) is 83.0 Å². The Labute approximate surface area is 219 Å². The molecule has 38 heavy (non-hydrogen) atoms. The maximum atomic E-state index is 14.3. The second-order valence-corrected chi connectivity index (χ2v) is 10.7. The fourth-order valence-electron chi connectivity index (χ4n) is 6.44. The summed E-state index contributed by atoms with van der Waals surface area (Å²) >= 11 is 0. The summed E-state index contributed by atoms with van der Waals surface area (Å²) in [6, 6.07) is 7.99. The van der Waals surface area contributed by atoms with E-state index < -0.39 is 17.2 Å². The number of esters is 1. The van der Waals surface area contributed by atoms with Gasteiger partial charge < -0.3 is 19.6 Å². The van der Waals surface area contributed by atoms with Crippen molar-refractivity contribution < 1.29 is 32.6 Å². The summed E-state index contributed by atoms with van der Waals surface area (Å²) < 4.78 is 44.8. The molecule has 1 aromatic carbocycles. The number of likely N-dealkylation sites (tertiary alicyclic amines) is 1. The first-order chi connectivity index (χ1) is 18.1. The molecule has 2 aromatic rings. The van der Waals surface area contributed by atoms with Gasteiger partial charge in [-0.05, 0) is 74.5 Å². The van der Waals surface area contributed by atoms with Crippen molar-refractivity contribution in [2.24, 2.45) is 5.92 Å². The SMILES string of the molecule is COC(=O)C1CCN(C2CCC(C(=O)N3CCc4ncc(C(F)(F)F)cc4C3)(c3cccc(O)c3)C2)CC1. The average Bonchev–Trinajstić information content (AvgIpc) is 3.38. The van der Waals surface area contributed by atoms with Crippen molar-refractivity contribution >= 4 is 11.9 Å². The van der Waals surface area contributed by atoms with Crippen molar-refractivity contribution in [1.29, 1.82) is 0 Å². The van der Waals surface area contributed by atoms with E-state index in [4.69, 9.17) is 4.74 Å². The van der Waals surface area contributed by atoms with Crippen LogP contribution in [0.5, 0.6) is 5.75 Å². The fourth-order valence-corrected chi connectivity index (χ4v) is 6.44. The van der Waals surface area contributed by atoms with Crippen LogP contribution < -0.4 is 0 Å². The van der Waals surface area contributed by atoms with E-state index in [0.29, 0.717) is 49.9 Å². The molecule has 204 valence electrons. The number of amides is 1. The van der Waals surface area contributed by atoms with Gasteiger partial charge in [-0.15, -0.1) is 0 Å². The van der Waals surface area contributed by atoms with Gasteiger partial charge in [-0.3, -0.25) is 14.6 Å². The summed E-state index contributed by atoms with van der Waals surface area (Å²) in [4.78, 5) is 34.2. The zero-order valence-electron chi connectivity index (χ0n) is 21.3. The molecule has 7 nitrogen and oxygen atoms in total. The molecule has 3 aliphatic rings. The molecule has 1 aromatic heterocycles. The van der Waals surface area contributed by atoms with Crippen molar-refractivity contribution in [2.45, 2.75) is 62.7 Å². The van der Waals surface area contributed by atoms with Crippen molar-refractivity contribution in [3.8, 4) is 5.75 Å². The van der Waals surface area contributed by atoms with Crippen LogP contribution in [0.3, 0.4) is 0 Å². The van der Waals surface area contributed by atoms with Crippen molar-refractivity contribution in [2.75, 3.05) is 26.7 Å². The van der Waals surface area contributed by atoms with Gasteiger partial charge in [0.15, 0.2) is 0 Å². The van der Waals surface area contributed by atoms with Crippen LogP contribution in [-0.2, 0) is 38.9 Å². The Bertz CT molecular complexity index is 1210. The molecule has 5 rings (SSSR count). The highest BCUT2D eigenvalue weighted by molar-refractivity contribution is 5.89. The molecular formula is C28H32F3N3O4. The summed E-state index contributed by atoms with van der Waals surface area (Å²) in [5.41, 5.74) is 0.0258. The summed E-state index contributed by atoms with van der Waals surface area (Å²) in [7, 11) is 1.40. The number of phenolic OH excluding ortho intramolecular Hbond substituents is 1. The van der Waals surface area contributed by atoms with Gasteiger partial charge in [-0.2, -0.15) is 13.2 Å². The summed E-state index contributed by atoms with van der Waals surface area (Å²) in [5, 5.41) is 10.2.